The third-order valence-electron chi connectivity index (χ3n) is 12.8. The van der Waals surface area contributed by atoms with E-state index in [2.05, 4.69) is 36.0 Å². The van der Waals surface area contributed by atoms with Crippen molar-refractivity contribution in [2.75, 3.05) is 55.0 Å². The molecule has 350 valence electrons. The average Bonchev–Trinajstić information content (AvgIpc) is 4.16. The van der Waals surface area contributed by atoms with Crippen LogP contribution in [0.1, 0.15) is 107 Å². The molecule has 21 nitrogen and oxygen atoms in total. The number of carbonyl (C=O) groups excluding carboxylic acids is 6. The van der Waals surface area contributed by atoms with Crippen LogP contribution in [0.25, 0.3) is 5.65 Å². The Bertz CT molecular complexity index is 2600. The first-order valence-electron chi connectivity index (χ1n) is 21.8. The summed E-state index contributed by atoms with van der Waals surface area (Å²) in [6.07, 6.45) is 4.42. The lowest BCUT2D eigenvalue weighted by Crippen LogP contribution is -2.54. The van der Waals surface area contributed by atoms with Gasteiger partial charge in [0.05, 0.1) is 47.8 Å². The van der Waals surface area contributed by atoms with Crippen LogP contribution in [0.2, 0.25) is 0 Å². The number of halogens is 2. The zero-order chi connectivity index (χ0) is 46.2. The fraction of sp³-hybridized carbons (Fsp3) is 0.500. The van der Waals surface area contributed by atoms with Gasteiger partial charge in [0.1, 0.15) is 17.4 Å². The molecule has 1 aliphatic carbocycles. The molecule has 2 bridgehead atoms. The van der Waals surface area contributed by atoms with E-state index in [1.165, 1.54) is 27.7 Å². The number of anilines is 3. The van der Waals surface area contributed by atoms with Gasteiger partial charge in [-0.2, -0.15) is 10.2 Å². The van der Waals surface area contributed by atoms with Crippen LogP contribution in [0.15, 0.2) is 42.9 Å². The molecule has 4 fully saturated rings. The van der Waals surface area contributed by atoms with Gasteiger partial charge in [-0.05, 0) is 69.6 Å². The van der Waals surface area contributed by atoms with E-state index in [0.29, 0.717) is 50.5 Å². The van der Waals surface area contributed by atoms with E-state index in [9.17, 15) is 46.3 Å². The van der Waals surface area contributed by atoms with Crippen LogP contribution >= 0.6 is 0 Å². The Morgan fingerprint density at radius 1 is 1.03 bits per heavy atom. The monoisotopic (exact) mass is 934 g/mol. The molecule has 0 spiro atoms. The van der Waals surface area contributed by atoms with E-state index >= 15 is 0 Å². The molecule has 9 rings (SSSR count). The van der Waals surface area contributed by atoms with Gasteiger partial charge in [0, 0.05) is 74.5 Å². The molecule has 6 amide bonds. The quantitative estimate of drug-likeness (QED) is 0.0782. The molecular formula is C42H46F2N11O10S-. The first-order valence-corrected chi connectivity index (χ1v) is 22.9. The van der Waals surface area contributed by atoms with E-state index in [4.69, 9.17) is 9.47 Å². The number of rotatable bonds is 17. The predicted octanol–water partition coefficient (Wildman–Crippen LogP) is 2.76. The molecule has 24 heteroatoms. The summed E-state index contributed by atoms with van der Waals surface area (Å²) in [6, 6.07) is 5.30. The average molecular weight is 935 g/mol. The summed E-state index contributed by atoms with van der Waals surface area (Å²) in [4.78, 5) is 85.0. The first kappa shape index (κ1) is 44.9. The molecule has 3 N–H and O–H groups in total. The second kappa shape index (κ2) is 18.9. The number of nitrogens with zero attached hydrogens (tertiary/aromatic N) is 8. The minimum atomic E-state index is -3.00. The normalized spacial score (nSPS) is 23.2. The number of benzene rings is 1. The standard InChI is InChI=1S/C42H47F2N11O10S/c43-36(44)35-30(47-38(57)28-19-46-52-15-12-32(48-37(28)52)51-20-26-18-25(51)22-65-26)21-53(50-35)24-8-6-23(7-9-24)40(59)54(66(62)63)14-3-17-64-16-2-13-45-29-5-1-4-27-34(29)42(61)55(41(27)60)31-10-11-33(56)49-39(31)58/h1,4-5,12,15,19,21,23-26,31,36,45H,2-3,6-11,13-14,16-18,20,22H2,(H,47,57)(H,62,63)(H,49,56,58)/p-1. The minimum Gasteiger partial charge on any atom is -0.755 e. The van der Waals surface area contributed by atoms with E-state index < -0.39 is 70.8 Å². The molecule has 3 aromatic heterocycles. The van der Waals surface area contributed by atoms with Crippen molar-refractivity contribution in [2.45, 2.75) is 88.4 Å². The smallest absolute Gasteiger partial charge is 0.284 e. The number of hydrogen-bond acceptors (Lipinski definition) is 15. The molecule has 66 heavy (non-hydrogen) atoms. The summed E-state index contributed by atoms with van der Waals surface area (Å²) in [5.74, 6) is -3.60. The molecule has 3 saturated heterocycles. The molecule has 5 aliphatic rings. The molecule has 4 unspecified atom stereocenters. The van der Waals surface area contributed by atoms with Crippen LogP contribution in [0.5, 0.6) is 0 Å². The summed E-state index contributed by atoms with van der Waals surface area (Å²) >= 11 is -2.84. The molecule has 4 aliphatic heterocycles. The number of alkyl halides is 2. The largest absolute Gasteiger partial charge is 0.755 e. The lowest BCUT2D eigenvalue weighted by atomic mass is 9.85. The van der Waals surface area contributed by atoms with E-state index in [0.717, 1.165) is 15.6 Å². The zero-order valence-electron chi connectivity index (χ0n) is 35.4. The highest BCUT2D eigenvalue weighted by Gasteiger charge is 2.46. The van der Waals surface area contributed by atoms with Crippen molar-refractivity contribution in [3.63, 3.8) is 0 Å². The van der Waals surface area contributed by atoms with E-state index in [1.807, 2.05) is 0 Å². The predicted molar refractivity (Wildman–Crippen MR) is 227 cm³/mol. The number of hydrogen-bond donors (Lipinski definition) is 3. The van der Waals surface area contributed by atoms with Crippen molar-refractivity contribution < 1.29 is 55.8 Å². The van der Waals surface area contributed by atoms with Gasteiger partial charge in [-0.3, -0.25) is 52.2 Å². The van der Waals surface area contributed by atoms with Crippen LogP contribution < -0.4 is 20.9 Å². The Balaban J connectivity index is 0.723. The van der Waals surface area contributed by atoms with E-state index in [-0.39, 0.29) is 98.1 Å². The van der Waals surface area contributed by atoms with Crippen LogP contribution in [0, 0.1) is 5.92 Å². The van der Waals surface area contributed by atoms with Crippen molar-refractivity contribution in [2.24, 2.45) is 5.92 Å². The lowest BCUT2D eigenvalue weighted by Gasteiger charge is -2.32. The number of aromatic nitrogens is 5. The minimum absolute atomic E-state index is 0.0123. The number of morpholine rings is 1. The van der Waals surface area contributed by atoms with Crippen molar-refractivity contribution in [3.05, 3.63) is 65.2 Å². The van der Waals surface area contributed by atoms with Crippen LogP contribution in [-0.4, -0.2) is 135 Å². The number of piperidine rings is 1. The van der Waals surface area contributed by atoms with E-state index in [1.54, 1.807) is 24.4 Å². The van der Waals surface area contributed by atoms with Crippen molar-refractivity contribution in [1.29, 1.82) is 0 Å². The maximum absolute atomic E-state index is 14.3. The summed E-state index contributed by atoms with van der Waals surface area (Å²) in [6.45, 7) is 1.93. The Morgan fingerprint density at radius 2 is 1.83 bits per heavy atom. The first-order chi connectivity index (χ1) is 31.9. The van der Waals surface area contributed by atoms with Gasteiger partial charge in [-0.15, -0.1) is 0 Å². The third kappa shape index (κ3) is 8.88. The van der Waals surface area contributed by atoms with Gasteiger partial charge < -0.3 is 29.6 Å². The van der Waals surface area contributed by atoms with Gasteiger partial charge in [0.25, 0.3) is 24.1 Å². The molecule has 4 atom stereocenters. The second-order valence-corrected chi connectivity index (χ2v) is 17.7. The van der Waals surface area contributed by atoms with Gasteiger partial charge in [0.15, 0.2) is 11.3 Å². The highest BCUT2D eigenvalue weighted by molar-refractivity contribution is 7.77. The number of ether oxygens (including phenoxy) is 2. The molecule has 0 radical (unpaired) electrons. The van der Waals surface area contributed by atoms with Gasteiger partial charge in [-0.1, -0.05) is 6.07 Å². The molecule has 1 saturated carbocycles. The van der Waals surface area contributed by atoms with Crippen molar-refractivity contribution in [1.82, 2.24) is 38.9 Å². The van der Waals surface area contributed by atoms with Crippen LogP contribution in [-0.2, 0) is 35.1 Å². The summed E-state index contributed by atoms with van der Waals surface area (Å²) in [7, 11) is 0. The molecule has 7 heterocycles. The summed E-state index contributed by atoms with van der Waals surface area (Å²) in [5, 5.41) is 16.2. The third-order valence-corrected chi connectivity index (χ3v) is 13.5. The number of imide groups is 2. The van der Waals surface area contributed by atoms with Crippen molar-refractivity contribution >= 4 is 69.5 Å². The molecular weight excluding hydrogens is 889 g/mol. The maximum Gasteiger partial charge on any atom is 0.284 e. The topological polar surface area (TPSA) is 255 Å². The van der Waals surface area contributed by atoms with Gasteiger partial charge in [0.2, 0.25) is 17.7 Å². The van der Waals surface area contributed by atoms with Gasteiger partial charge >= 0.3 is 0 Å². The van der Waals surface area contributed by atoms with Crippen molar-refractivity contribution in [3.8, 4) is 0 Å². The molecule has 4 aromatic rings. The van der Waals surface area contributed by atoms with Crippen LogP contribution in [0.3, 0.4) is 0 Å². The number of carbonyl (C=O) groups is 6. The summed E-state index contributed by atoms with van der Waals surface area (Å²) < 4.78 is 67.8. The number of amides is 6. The van der Waals surface area contributed by atoms with Gasteiger partial charge in [-0.25, -0.2) is 18.3 Å². The Labute approximate surface area is 377 Å². The Kier molecular flexibility index (Phi) is 12.9. The fourth-order valence-electron chi connectivity index (χ4n) is 9.42. The Morgan fingerprint density at radius 3 is 2.56 bits per heavy atom. The highest BCUT2D eigenvalue weighted by Crippen LogP contribution is 2.37. The zero-order valence-corrected chi connectivity index (χ0v) is 36.3. The maximum atomic E-state index is 14.3. The van der Waals surface area contributed by atoms with Crippen LogP contribution in [0.4, 0.5) is 26.0 Å². The Hall–Kier alpha value is -6.24. The second-order valence-electron chi connectivity index (χ2n) is 16.9. The SMILES string of the molecule is O=C1CCC(N2C(=O)c3cccc(NCCCOCCCN(C(=O)C4CCC(n5cc(NC(=O)c6cnn7ccc(N8CC9CC8CO9)nc67)c(C(F)F)n5)CC4)S(=O)[O-])c3C2=O)C(=O)N1. The number of fused-ring (bicyclic) bond motifs is 4. The fourth-order valence-corrected chi connectivity index (χ4v) is 9.99. The summed E-state index contributed by atoms with van der Waals surface area (Å²) in [5.41, 5.74) is 0.286. The molecule has 1 aromatic carbocycles. The number of nitrogens with one attached hydrogen (secondary N) is 3. The highest BCUT2D eigenvalue weighted by atomic mass is 32.2. The lowest BCUT2D eigenvalue weighted by molar-refractivity contribution is -0.136.